The smallest absolute Gasteiger partial charge is 0.220 e. The molecular formula is C68H125NO18. The number of rotatable bonds is 53. The molecule has 0 aliphatic carbocycles. The van der Waals surface area contributed by atoms with E-state index in [2.05, 4.69) is 43.5 Å². The zero-order chi connectivity index (χ0) is 63.3. The summed E-state index contributed by atoms with van der Waals surface area (Å²) in [5.41, 5.74) is 0. The summed E-state index contributed by atoms with van der Waals surface area (Å²) >= 11 is 0. The molecule has 17 unspecified atom stereocenters. The van der Waals surface area contributed by atoms with Gasteiger partial charge in [0, 0.05) is 6.42 Å². The van der Waals surface area contributed by atoms with Crippen molar-refractivity contribution in [1.82, 2.24) is 5.32 Å². The van der Waals surface area contributed by atoms with E-state index in [0.29, 0.717) is 12.8 Å². The average molecular weight is 1240 g/mol. The number of carbonyl (C=O) groups is 1. The molecule has 0 spiro atoms. The van der Waals surface area contributed by atoms with Gasteiger partial charge in [0.15, 0.2) is 18.9 Å². The van der Waals surface area contributed by atoms with Gasteiger partial charge in [-0.25, -0.2) is 0 Å². The van der Waals surface area contributed by atoms with Crippen molar-refractivity contribution in [2.45, 2.75) is 362 Å². The highest BCUT2D eigenvalue weighted by Gasteiger charge is 2.53. The Bertz CT molecular complexity index is 1720. The third-order valence-corrected chi connectivity index (χ3v) is 17.4. The second-order valence-corrected chi connectivity index (χ2v) is 25.0. The van der Waals surface area contributed by atoms with Crippen molar-refractivity contribution in [3.05, 3.63) is 36.5 Å². The molecule has 0 bridgehead atoms. The van der Waals surface area contributed by atoms with E-state index in [1.807, 2.05) is 6.08 Å². The molecule has 87 heavy (non-hydrogen) atoms. The highest BCUT2D eigenvalue weighted by Crippen LogP contribution is 2.33. The Morgan fingerprint density at radius 2 is 0.736 bits per heavy atom. The second kappa shape index (κ2) is 50.6. The van der Waals surface area contributed by atoms with Gasteiger partial charge in [0.25, 0.3) is 0 Å². The minimum absolute atomic E-state index is 0.226. The van der Waals surface area contributed by atoms with Crippen LogP contribution in [0.1, 0.15) is 258 Å². The van der Waals surface area contributed by atoms with E-state index in [-0.39, 0.29) is 18.9 Å². The molecule has 510 valence electrons. The minimum atomic E-state index is -1.98. The molecule has 0 aromatic rings. The number of unbranched alkanes of at least 4 members (excludes halogenated alkanes) is 33. The number of hydrogen-bond acceptors (Lipinski definition) is 18. The van der Waals surface area contributed by atoms with E-state index in [1.54, 1.807) is 6.08 Å². The lowest BCUT2D eigenvalue weighted by atomic mass is 9.96. The molecular weight excluding hydrogens is 1120 g/mol. The molecule has 0 saturated carbocycles. The number of amides is 1. The number of ether oxygens (including phenoxy) is 6. The maximum atomic E-state index is 13.4. The van der Waals surface area contributed by atoms with Crippen LogP contribution in [0.5, 0.6) is 0 Å². The third-order valence-electron chi connectivity index (χ3n) is 17.4. The van der Waals surface area contributed by atoms with Gasteiger partial charge in [0.1, 0.15) is 73.2 Å². The van der Waals surface area contributed by atoms with Crippen LogP contribution < -0.4 is 5.32 Å². The molecule has 19 nitrogen and oxygen atoms in total. The molecule has 0 aromatic carbocycles. The number of hydrogen-bond donors (Lipinski definition) is 12. The molecule has 17 atom stereocenters. The third kappa shape index (κ3) is 32.9. The Balaban J connectivity index is 1.45. The van der Waals surface area contributed by atoms with Crippen LogP contribution in [0, 0.1) is 0 Å². The maximum Gasteiger partial charge on any atom is 0.220 e. The highest BCUT2D eigenvalue weighted by molar-refractivity contribution is 5.76. The fraction of sp³-hybridized carbons (Fsp3) is 0.897. The first-order valence-electron chi connectivity index (χ1n) is 34.7. The summed E-state index contributed by atoms with van der Waals surface area (Å²) in [4.78, 5) is 13.4. The van der Waals surface area contributed by atoms with Crippen molar-refractivity contribution >= 4 is 5.91 Å². The van der Waals surface area contributed by atoms with Gasteiger partial charge in [0.05, 0.1) is 38.6 Å². The number of carbonyl (C=O) groups excluding carboxylic acids is 1. The number of aliphatic hydroxyl groups excluding tert-OH is 11. The standard InChI is InChI=1S/C68H125NO18/c1-3-5-7-9-11-13-15-17-19-21-22-23-24-25-26-27-28-29-30-31-33-35-37-39-41-43-45-52(73)51(69-56(74)46-44-42-40-38-36-34-32-20-18-16-14-12-10-8-6-4-2)50-82-66-62(80)59(77)64(54(48-71)84-66)87-68-63(81)60(78)65(55(49-72)85-68)86-67-61(79)58(76)57(75)53(47-70)83-67/h20,32,35,37,43,45,51-55,57-68,70-73,75-81H,3-19,21-31,33-34,36,38-42,44,46-50H2,1-2H3,(H,69,74)/b32-20-,37-35+,45-43+. The predicted molar refractivity (Wildman–Crippen MR) is 337 cm³/mol. The predicted octanol–water partition coefficient (Wildman–Crippen LogP) is 8.83. The Morgan fingerprint density at radius 3 is 1.15 bits per heavy atom. The molecule has 3 fully saturated rings. The molecule has 3 aliphatic heterocycles. The number of aliphatic hydroxyl groups is 11. The first-order chi connectivity index (χ1) is 42.3. The van der Waals surface area contributed by atoms with Crippen LogP contribution in [0.25, 0.3) is 0 Å². The summed E-state index contributed by atoms with van der Waals surface area (Å²) < 4.78 is 34.3. The van der Waals surface area contributed by atoms with Crippen LogP contribution >= 0.6 is 0 Å². The zero-order valence-corrected chi connectivity index (χ0v) is 53.8. The molecule has 3 saturated heterocycles. The van der Waals surface area contributed by atoms with Crippen LogP contribution in [0.2, 0.25) is 0 Å². The van der Waals surface area contributed by atoms with Crippen LogP contribution in [-0.4, -0.2) is 193 Å². The fourth-order valence-corrected chi connectivity index (χ4v) is 11.7. The Labute approximate surface area is 523 Å². The summed E-state index contributed by atoms with van der Waals surface area (Å²) in [6.07, 6.45) is 31.3. The van der Waals surface area contributed by atoms with Gasteiger partial charge in [-0.05, 0) is 57.8 Å². The van der Waals surface area contributed by atoms with Gasteiger partial charge in [-0.15, -0.1) is 0 Å². The summed E-state index contributed by atoms with van der Waals surface area (Å²) in [7, 11) is 0. The molecule has 19 heteroatoms. The first kappa shape index (κ1) is 79.2. The van der Waals surface area contributed by atoms with Crippen molar-refractivity contribution in [2.24, 2.45) is 0 Å². The van der Waals surface area contributed by atoms with Crippen LogP contribution in [-0.2, 0) is 33.2 Å². The lowest BCUT2D eigenvalue weighted by Crippen LogP contribution is -2.66. The summed E-state index contributed by atoms with van der Waals surface area (Å²) in [6, 6.07) is -0.994. The van der Waals surface area contributed by atoms with E-state index in [1.165, 1.54) is 167 Å². The fourth-order valence-electron chi connectivity index (χ4n) is 11.7. The SMILES string of the molecule is CCCCCCCCC/C=C\CCCCCCCC(=O)NC(COC1OC(CO)C(OC2OC(CO)C(OC3OC(CO)C(O)C(O)C3O)C(O)C2O)C(O)C1O)C(O)/C=C/CC/C=C/CCCCCCCCCCCCCCCCCCCCCC. The van der Waals surface area contributed by atoms with Gasteiger partial charge in [0.2, 0.25) is 5.91 Å². The van der Waals surface area contributed by atoms with Crippen molar-refractivity contribution in [3.8, 4) is 0 Å². The minimum Gasteiger partial charge on any atom is -0.394 e. The summed E-state index contributed by atoms with van der Waals surface area (Å²) in [5, 5.41) is 120. The molecule has 12 N–H and O–H groups in total. The molecule has 3 aliphatic rings. The van der Waals surface area contributed by atoms with Crippen molar-refractivity contribution < 1.29 is 89.4 Å². The quantitative estimate of drug-likeness (QED) is 0.0200. The van der Waals surface area contributed by atoms with E-state index in [0.717, 1.165) is 57.8 Å². The van der Waals surface area contributed by atoms with Crippen molar-refractivity contribution in [3.63, 3.8) is 0 Å². The zero-order valence-electron chi connectivity index (χ0n) is 53.8. The first-order valence-corrected chi connectivity index (χ1v) is 34.7. The summed E-state index contributed by atoms with van der Waals surface area (Å²) in [5.74, 6) is -0.292. The summed E-state index contributed by atoms with van der Waals surface area (Å²) in [6.45, 7) is 1.72. The Hall–Kier alpha value is -1.99. The van der Waals surface area contributed by atoms with E-state index in [4.69, 9.17) is 28.4 Å². The van der Waals surface area contributed by atoms with Crippen LogP contribution in [0.3, 0.4) is 0 Å². The molecule has 3 heterocycles. The Kier molecular flexibility index (Phi) is 46.0. The topological polar surface area (TPSA) is 307 Å². The molecule has 1 amide bonds. The Morgan fingerprint density at radius 1 is 0.402 bits per heavy atom. The van der Waals surface area contributed by atoms with E-state index >= 15 is 0 Å². The average Bonchev–Trinajstić information content (AvgIpc) is 2.88. The lowest BCUT2D eigenvalue weighted by molar-refractivity contribution is -0.379. The van der Waals surface area contributed by atoms with Gasteiger partial charge in [-0.2, -0.15) is 0 Å². The van der Waals surface area contributed by atoms with E-state index < -0.39 is 124 Å². The lowest BCUT2D eigenvalue weighted by Gasteiger charge is -2.48. The second-order valence-electron chi connectivity index (χ2n) is 25.0. The molecule has 3 rings (SSSR count). The number of nitrogens with one attached hydrogen (secondary N) is 1. The van der Waals surface area contributed by atoms with Crippen molar-refractivity contribution in [2.75, 3.05) is 26.4 Å². The van der Waals surface area contributed by atoms with Gasteiger partial charge in [-0.1, -0.05) is 230 Å². The monoisotopic (exact) mass is 1240 g/mol. The van der Waals surface area contributed by atoms with Gasteiger partial charge < -0.3 is 89.9 Å². The van der Waals surface area contributed by atoms with E-state index in [9.17, 15) is 61.0 Å². The number of allylic oxidation sites excluding steroid dienone is 5. The van der Waals surface area contributed by atoms with Crippen molar-refractivity contribution in [1.29, 1.82) is 0 Å². The van der Waals surface area contributed by atoms with Crippen LogP contribution in [0.4, 0.5) is 0 Å². The van der Waals surface area contributed by atoms with Crippen LogP contribution in [0.15, 0.2) is 36.5 Å². The molecule has 0 radical (unpaired) electrons. The normalized spacial score (nSPS) is 28.8. The highest BCUT2D eigenvalue weighted by atomic mass is 16.8. The molecule has 0 aromatic heterocycles. The van der Waals surface area contributed by atoms with Gasteiger partial charge in [-0.3, -0.25) is 4.79 Å². The van der Waals surface area contributed by atoms with Gasteiger partial charge >= 0.3 is 0 Å². The largest absolute Gasteiger partial charge is 0.394 e. The maximum absolute atomic E-state index is 13.4.